The molecule has 0 atom stereocenters. The van der Waals surface area contributed by atoms with Gasteiger partial charge >= 0.3 is 0 Å². The number of ether oxygens (including phenoxy) is 2. The smallest absolute Gasteiger partial charge is 0.255 e. The van der Waals surface area contributed by atoms with Gasteiger partial charge < -0.3 is 14.8 Å². The third-order valence-corrected chi connectivity index (χ3v) is 3.95. The van der Waals surface area contributed by atoms with E-state index in [-0.39, 0.29) is 5.91 Å². The number of fused-ring (bicyclic) bond motifs is 1. The number of hydrogen-bond donors (Lipinski definition) is 1. The van der Waals surface area contributed by atoms with Crippen molar-refractivity contribution in [3.05, 3.63) is 59.2 Å². The summed E-state index contributed by atoms with van der Waals surface area (Å²) in [4.78, 5) is 16.9. The highest BCUT2D eigenvalue weighted by Gasteiger charge is 2.16. The second-order valence-corrected chi connectivity index (χ2v) is 5.66. The van der Waals surface area contributed by atoms with Crippen LogP contribution in [0.15, 0.2) is 48.7 Å². The van der Waals surface area contributed by atoms with E-state index in [1.165, 1.54) is 7.11 Å². The Labute approximate surface area is 150 Å². The zero-order valence-electron chi connectivity index (χ0n) is 13.9. The number of pyridine rings is 1. The predicted molar refractivity (Wildman–Crippen MR) is 98.9 cm³/mol. The molecule has 128 valence electrons. The Morgan fingerprint density at radius 1 is 1.24 bits per heavy atom. The molecule has 1 aromatic heterocycles. The van der Waals surface area contributed by atoms with Crippen LogP contribution in [0.3, 0.4) is 0 Å². The number of hydrogen-bond acceptors (Lipinski definition) is 4. The van der Waals surface area contributed by atoms with Crippen molar-refractivity contribution in [2.24, 2.45) is 0 Å². The molecule has 5 nitrogen and oxygen atoms in total. The van der Waals surface area contributed by atoms with Crippen molar-refractivity contribution in [2.45, 2.75) is 6.92 Å². The van der Waals surface area contributed by atoms with Crippen molar-refractivity contribution in [3.63, 3.8) is 0 Å². The average Bonchev–Trinajstić information content (AvgIpc) is 2.63. The van der Waals surface area contributed by atoms with Gasteiger partial charge in [0, 0.05) is 17.1 Å². The Bertz CT molecular complexity index is 922. The number of carbonyl (C=O) groups is 1. The van der Waals surface area contributed by atoms with Gasteiger partial charge in [-0.05, 0) is 43.3 Å². The van der Waals surface area contributed by atoms with Gasteiger partial charge in [0.2, 0.25) is 0 Å². The lowest BCUT2D eigenvalue weighted by Gasteiger charge is -2.13. The Balaban J connectivity index is 1.94. The number of methoxy groups -OCH3 is 1. The molecule has 1 N–H and O–H groups in total. The number of nitrogens with one attached hydrogen (secondary N) is 1. The molecule has 0 unspecified atom stereocenters. The molecular formula is C19H17ClN2O3. The summed E-state index contributed by atoms with van der Waals surface area (Å²) in [5.41, 5.74) is 1.87. The van der Waals surface area contributed by atoms with Gasteiger partial charge in [0.05, 0.1) is 29.9 Å². The zero-order chi connectivity index (χ0) is 17.8. The van der Waals surface area contributed by atoms with Crippen LogP contribution in [0.5, 0.6) is 11.5 Å². The highest BCUT2D eigenvalue weighted by Crippen LogP contribution is 2.36. The molecule has 1 heterocycles. The van der Waals surface area contributed by atoms with Gasteiger partial charge in [-0.25, -0.2) is 0 Å². The maximum absolute atomic E-state index is 12.7. The number of aromatic nitrogens is 1. The summed E-state index contributed by atoms with van der Waals surface area (Å²) in [5, 5.41) is 4.09. The van der Waals surface area contributed by atoms with Crippen molar-refractivity contribution in [3.8, 4) is 11.5 Å². The van der Waals surface area contributed by atoms with Gasteiger partial charge in [-0.15, -0.1) is 0 Å². The minimum Gasteiger partial charge on any atom is -0.493 e. The molecule has 0 saturated heterocycles. The number of rotatable bonds is 5. The first-order valence-electron chi connectivity index (χ1n) is 7.79. The maximum Gasteiger partial charge on any atom is 0.255 e. The molecule has 0 saturated carbocycles. The molecule has 0 aliphatic heterocycles. The lowest BCUT2D eigenvalue weighted by atomic mass is 10.1. The number of anilines is 1. The van der Waals surface area contributed by atoms with Crippen LogP contribution < -0.4 is 14.8 Å². The first-order chi connectivity index (χ1) is 12.1. The van der Waals surface area contributed by atoms with E-state index in [0.717, 1.165) is 10.9 Å². The van der Waals surface area contributed by atoms with Gasteiger partial charge in [0.1, 0.15) is 0 Å². The largest absolute Gasteiger partial charge is 0.493 e. The Morgan fingerprint density at radius 2 is 2.08 bits per heavy atom. The average molecular weight is 357 g/mol. The predicted octanol–water partition coefficient (Wildman–Crippen LogP) is 4.55. The van der Waals surface area contributed by atoms with Crippen LogP contribution in [0.4, 0.5) is 5.69 Å². The summed E-state index contributed by atoms with van der Waals surface area (Å²) >= 11 is 6.24. The van der Waals surface area contributed by atoms with Crippen LogP contribution in [0.2, 0.25) is 5.02 Å². The summed E-state index contributed by atoms with van der Waals surface area (Å²) in [5.74, 6) is 0.552. The number of amides is 1. The van der Waals surface area contributed by atoms with Crippen molar-refractivity contribution in [1.29, 1.82) is 0 Å². The van der Waals surface area contributed by atoms with E-state index in [2.05, 4.69) is 10.3 Å². The topological polar surface area (TPSA) is 60.5 Å². The molecule has 0 fully saturated rings. The van der Waals surface area contributed by atoms with Crippen LogP contribution in [-0.4, -0.2) is 24.6 Å². The Kier molecular flexibility index (Phi) is 5.05. The van der Waals surface area contributed by atoms with Gasteiger partial charge in [0.25, 0.3) is 5.91 Å². The molecule has 0 aliphatic rings. The minimum atomic E-state index is -0.292. The first kappa shape index (κ1) is 17.0. The van der Waals surface area contributed by atoms with Gasteiger partial charge in [-0.1, -0.05) is 17.7 Å². The lowest BCUT2D eigenvalue weighted by molar-refractivity contribution is 0.102. The first-order valence-corrected chi connectivity index (χ1v) is 8.17. The van der Waals surface area contributed by atoms with Crippen LogP contribution >= 0.6 is 11.6 Å². The van der Waals surface area contributed by atoms with Crippen LogP contribution in [-0.2, 0) is 0 Å². The van der Waals surface area contributed by atoms with Crippen LogP contribution in [0.1, 0.15) is 17.3 Å². The molecule has 1 amide bonds. The summed E-state index contributed by atoms with van der Waals surface area (Å²) in [6, 6.07) is 12.5. The normalized spacial score (nSPS) is 10.5. The fraction of sp³-hybridized carbons (Fsp3) is 0.158. The van der Waals surface area contributed by atoms with Crippen molar-refractivity contribution >= 4 is 34.1 Å². The van der Waals surface area contributed by atoms with Gasteiger partial charge in [-0.3, -0.25) is 9.78 Å². The molecule has 3 rings (SSSR count). The summed E-state index contributed by atoms with van der Waals surface area (Å²) in [6.07, 6.45) is 1.71. The van der Waals surface area contributed by atoms with Crippen LogP contribution in [0.25, 0.3) is 10.9 Å². The molecule has 0 radical (unpaired) electrons. The van der Waals surface area contributed by atoms with E-state index < -0.39 is 0 Å². The van der Waals surface area contributed by atoms with E-state index in [9.17, 15) is 4.79 Å². The van der Waals surface area contributed by atoms with Crippen molar-refractivity contribution in [1.82, 2.24) is 4.98 Å². The maximum atomic E-state index is 12.7. The van der Waals surface area contributed by atoms with E-state index in [4.69, 9.17) is 21.1 Å². The number of benzene rings is 2. The standard InChI is InChI=1S/C19H17ClN2O3/c1-3-25-18-14(20)10-12(11-17(18)24-2)19(23)22-16-8-4-7-15-13(16)6-5-9-21-15/h4-11H,3H2,1-2H3,(H,22,23). The lowest BCUT2D eigenvalue weighted by Crippen LogP contribution is -2.13. The molecule has 3 aromatic rings. The van der Waals surface area contributed by atoms with Crippen molar-refractivity contribution in [2.75, 3.05) is 19.0 Å². The van der Waals surface area contributed by atoms with Crippen LogP contribution in [0, 0.1) is 0 Å². The number of carbonyl (C=O) groups excluding carboxylic acids is 1. The fourth-order valence-corrected chi connectivity index (χ4v) is 2.81. The third-order valence-electron chi connectivity index (χ3n) is 3.67. The summed E-state index contributed by atoms with van der Waals surface area (Å²) in [6.45, 7) is 2.30. The Hall–Kier alpha value is -2.79. The molecule has 0 spiro atoms. The van der Waals surface area contributed by atoms with E-state index in [1.54, 1.807) is 18.3 Å². The monoisotopic (exact) mass is 356 g/mol. The molecule has 2 aromatic carbocycles. The van der Waals surface area contributed by atoms with E-state index in [1.807, 2.05) is 37.3 Å². The third kappa shape index (κ3) is 3.51. The fourth-order valence-electron chi connectivity index (χ4n) is 2.54. The van der Waals surface area contributed by atoms with E-state index in [0.29, 0.717) is 34.4 Å². The minimum absolute atomic E-state index is 0.292. The molecule has 6 heteroatoms. The second kappa shape index (κ2) is 7.40. The zero-order valence-corrected chi connectivity index (χ0v) is 14.6. The number of nitrogens with zero attached hydrogens (tertiary/aromatic N) is 1. The molecule has 0 bridgehead atoms. The van der Waals surface area contributed by atoms with Gasteiger partial charge in [-0.2, -0.15) is 0 Å². The number of halogens is 1. The molecule has 25 heavy (non-hydrogen) atoms. The van der Waals surface area contributed by atoms with Crippen molar-refractivity contribution < 1.29 is 14.3 Å². The highest BCUT2D eigenvalue weighted by atomic mass is 35.5. The summed E-state index contributed by atoms with van der Waals surface area (Å²) in [7, 11) is 1.51. The molecule has 0 aliphatic carbocycles. The SMILES string of the molecule is CCOc1c(Cl)cc(C(=O)Nc2cccc3ncccc23)cc1OC. The summed E-state index contributed by atoms with van der Waals surface area (Å²) < 4.78 is 10.8. The Morgan fingerprint density at radius 3 is 2.84 bits per heavy atom. The van der Waals surface area contributed by atoms with Gasteiger partial charge in [0.15, 0.2) is 11.5 Å². The quantitative estimate of drug-likeness (QED) is 0.728. The highest BCUT2D eigenvalue weighted by molar-refractivity contribution is 6.32. The second-order valence-electron chi connectivity index (χ2n) is 5.25. The van der Waals surface area contributed by atoms with E-state index >= 15 is 0 Å². The molecular weight excluding hydrogens is 340 g/mol.